The van der Waals surface area contributed by atoms with Gasteiger partial charge in [-0.2, -0.15) is 5.26 Å². The van der Waals surface area contributed by atoms with E-state index < -0.39 is 18.0 Å². The molecule has 0 amide bonds. The number of allylic oxidation sites excluding steroid dienone is 1. The second-order valence-electron chi connectivity index (χ2n) is 4.63. The molecular formula is C15H11N3O4. The van der Waals surface area contributed by atoms with E-state index in [1.165, 1.54) is 0 Å². The summed E-state index contributed by atoms with van der Waals surface area (Å²) in [6, 6.07) is 6.50. The highest BCUT2D eigenvalue weighted by atomic mass is 16.5. The van der Waals surface area contributed by atoms with Crippen molar-refractivity contribution in [2.45, 2.75) is 12.5 Å². The lowest BCUT2D eigenvalue weighted by molar-refractivity contribution is 0.231. The molecule has 3 N–H and O–H groups in total. The zero-order valence-electron chi connectivity index (χ0n) is 11.3. The summed E-state index contributed by atoms with van der Waals surface area (Å²) in [5, 5.41) is 18.6. The van der Waals surface area contributed by atoms with Crippen molar-refractivity contribution in [2.24, 2.45) is 5.73 Å². The van der Waals surface area contributed by atoms with Crippen LogP contribution in [0.1, 0.15) is 23.0 Å². The number of fused-ring (bicyclic) bond motifs is 1. The Bertz CT molecular complexity index is 849. The van der Waals surface area contributed by atoms with Gasteiger partial charge in [0.2, 0.25) is 17.1 Å². The van der Waals surface area contributed by atoms with E-state index in [9.17, 15) is 15.2 Å². The van der Waals surface area contributed by atoms with Crippen LogP contribution in [0.25, 0.3) is 0 Å². The number of nitriles is 1. The Kier molecular flexibility index (Phi) is 3.37. The molecule has 0 unspecified atom stereocenters. The first-order chi connectivity index (χ1) is 10.7. The van der Waals surface area contributed by atoms with Crippen LogP contribution >= 0.6 is 0 Å². The lowest BCUT2D eigenvalue weighted by atomic mass is 9.88. The van der Waals surface area contributed by atoms with Crippen LogP contribution in [-0.4, -0.2) is 10.1 Å². The predicted molar refractivity (Wildman–Crippen MR) is 74.4 cm³/mol. The summed E-state index contributed by atoms with van der Waals surface area (Å²) in [4.78, 5) is 16.0. The number of aliphatic hydroxyl groups is 1. The van der Waals surface area contributed by atoms with Gasteiger partial charge < -0.3 is 20.0 Å². The zero-order chi connectivity index (χ0) is 15.7. The molecule has 0 aliphatic carbocycles. The molecule has 1 aliphatic rings. The van der Waals surface area contributed by atoms with Crippen LogP contribution in [-0.2, 0) is 6.61 Å². The fourth-order valence-electron chi connectivity index (χ4n) is 2.35. The Morgan fingerprint density at radius 3 is 2.77 bits per heavy atom. The molecule has 0 bridgehead atoms. The van der Waals surface area contributed by atoms with Crippen molar-refractivity contribution in [3.05, 3.63) is 69.4 Å². The molecule has 0 aromatic carbocycles. The molecule has 7 heteroatoms. The summed E-state index contributed by atoms with van der Waals surface area (Å²) >= 11 is 0. The molecule has 3 heterocycles. The van der Waals surface area contributed by atoms with Crippen molar-refractivity contribution in [1.82, 2.24) is 4.98 Å². The lowest BCUT2D eigenvalue weighted by Crippen LogP contribution is -2.25. The maximum Gasteiger partial charge on any atom is 0.228 e. The van der Waals surface area contributed by atoms with Crippen molar-refractivity contribution in [2.75, 3.05) is 0 Å². The minimum atomic E-state index is -0.684. The van der Waals surface area contributed by atoms with Crippen molar-refractivity contribution in [3.8, 4) is 11.8 Å². The maximum atomic E-state index is 12.1. The molecule has 1 aliphatic heterocycles. The maximum absolute atomic E-state index is 12.1. The first-order valence-corrected chi connectivity index (χ1v) is 6.41. The first kappa shape index (κ1) is 13.9. The van der Waals surface area contributed by atoms with Gasteiger partial charge in [-0.3, -0.25) is 9.78 Å². The number of hydrogen-bond donors (Lipinski definition) is 2. The summed E-state index contributed by atoms with van der Waals surface area (Å²) in [5.41, 5.74) is 6.11. The second-order valence-corrected chi connectivity index (χ2v) is 4.63. The average Bonchev–Trinajstić information content (AvgIpc) is 2.55. The van der Waals surface area contributed by atoms with E-state index in [4.69, 9.17) is 14.9 Å². The van der Waals surface area contributed by atoms with Gasteiger partial charge in [0.1, 0.15) is 24.0 Å². The van der Waals surface area contributed by atoms with E-state index in [1.807, 2.05) is 6.07 Å². The van der Waals surface area contributed by atoms with E-state index >= 15 is 0 Å². The van der Waals surface area contributed by atoms with Gasteiger partial charge >= 0.3 is 0 Å². The Balaban J connectivity index is 2.30. The number of aliphatic hydroxyl groups excluding tert-OH is 1. The molecule has 22 heavy (non-hydrogen) atoms. The number of nitrogens with zero attached hydrogens (tertiary/aromatic N) is 2. The van der Waals surface area contributed by atoms with Gasteiger partial charge in [0.25, 0.3) is 0 Å². The summed E-state index contributed by atoms with van der Waals surface area (Å²) in [6.07, 6.45) is 3.12. The average molecular weight is 297 g/mol. The highest BCUT2D eigenvalue weighted by molar-refractivity contribution is 5.51. The van der Waals surface area contributed by atoms with Crippen LogP contribution in [0, 0.1) is 11.3 Å². The number of pyridine rings is 1. The first-order valence-electron chi connectivity index (χ1n) is 6.41. The molecule has 0 spiro atoms. The summed E-state index contributed by atoms with van der Waals surface area (Å²) < 4.78 is 10.8. The number of ether oxygens (including phenoxy) is 1. The third-order valence-corrected chi connectivity index (χ3v) is 3.32. The van der Waals surface area contributed by atoms with Gasteiger partial charge in [0.05, 0.1) is 5.92 Å². The van der Waals surface area contributed by atoms with Crippen LogP contribution in [0.15, 0.2) is 51.3 Å². The Morgan fingerprint density at radius 2 is 2.14 bits per heavy atom. The molecule has 1 atom stereocenters. The number of aromatic nitrogens is 1. The van der Waals surface area contributed by atoms with E-state index in [0.29, 0.717) is 5.56 Å². The van der Waals surface area contributed by atoms with Crippen LogP contribution < -0.4 is 15.9 Å². The highest BCUT2D eigenvalue weighted by Crippen LogP contribution is 2.40. The van der Waals surface area contributed by atoms with Crippen molar-refractivity contribution in [1.29, 1.82) is 5.26 Å². The predicted octanol–water partition coefficient (Wildman–Crippen LogP) is 0.745. The van der Waals surface area contributed by atoms with Gasteiger partial charge in [0, 0.05) is 18.5 Å². The molecule has 0 saturated carbocycles. The lowest BCUT2D eigenvalue weighted by Gasteiger charge is -2.24. The molecular weight excluding hydrogens is 286 g/mol. The second kappa shape index (κ2) is 5.35. The van der Waals surface area contributed by atoms with E-state index in [1.54, 1.807) is 24.5 Å². The van der Waals surface area contributed by atoms with Gasteiger partial charge in [-0.05, 0) is 17.7 Å². The van der Waals surface area contributed by atoms with Crippen molar-refractivity contribution in [3.63, 3.8) is 0 Å². The fraction of sp³-hybridized carbons (Fsp3) is 0.133. The van der Waals surface area contributed by atoms with Crippen molar-refractivity contribution < 1.29 is 14.3 Å². The van der Waals surface area contributed by atoms with Crippen LogP contribution in [0.5, 0.6) is 5.75 Å². The minimum Gasteiger partial charge on any atom is -0.458 e. The smallest absolute Gasteiger partial charge is 0.228 e. The van der Waals surface area contributed by atoms with Crippen LogP contribution in [0.2, 0.25) is 0 Å². The molecule has 2 aromatic rings. The summed E-state index contributed by atoms with van der Waals surface area (Å²) in [7, 11) is 0. The number of rotatable bonds is 2. The van der Waals surface area contributed by atoms with Gasteiger partial charge in [-0.1, -0.05) is 0 Å². The number of hydrogen-bond acceptors (Lipinski definition) is 7. The Hall–Kier alpha value is -3.11. The summed E-state index contributed by atoms with van der Waals surface area (Å²) in [5.74, 6) is -0.662. The Labute approximate surface area is 124 Å². The van der Waals surface area contributed by atoms with E-state index in [2.05, 4.69) is 4.98 Å². The standard InChI is InChI=1S/C15H11N3O4/c16-6-10-12(8-1-3-18-4-2-8)14-13(22-15(10)17)11(20)5-9(7-19)21-14/h1-5,12,19H,7,17H2/t12-/m1/s1. The monoisotopic (exact) mass is 297 g/mol. The third kappa shape index (κ3) is 2.12. The number of nitrogens with two attached hydrogens (primary N) is 1. The largest absolute Gasteiger partial charge is 0.458 e. The third-order valence-electron chi connectivity index (χ3n) is 3.32. The van der Waals surface area contributed by atoms with Gasteiger partial charge in [-0.15, -0.1) is 0 Å². The van der Waals surface area contributed by atoms with Crippen molar-refractivity contribution >= 4 is 0 Å². The molecule has 3 rings (SSSR count). The zero-order valence-corrected chi connectivity index (χ0v) is 11.3. The molecule has 0 saturated heterocycles. The topological polar surface area (TPSA) is 122 Å². The molecule has 0 fully saturated rings. The quantitative estimate of drug-likeness (QED) is 0.838. The SMILES string of the molecule is N#CC1=C(N)Oc2c(oc(CO)cc2=O)[C@@H]1c1ccncc1. The molecule has 7 nitrogen and oxygen atoms in total. The van der Waals surface area contributed by atoms with Crippen LogP contribution in [0.3, 0.4) is 0 Å². The van der Waals surface area contributed by atoms with Crippen LogP contribution in [0.4, 0.5) is 0 Å². The Morgan fingerprint density at radius 1 is 1.41 bits per heavy atom. The van der Waals surface area contributed by atoms with E-state index in [0.717, 1.165) is 6.07 Å². The normalized spacial score (nSPS) is 16.6. The molecule has 0 radical (unpaired) electrons. The minimum absolute atomic E-state index is 0.0736. The molecule has 2 aromatic heterocycles. The van der Waals surface area contributed by atoms with Gasteiger partial charge in [-0.25, -0.2) is 0 Å². The highest BCUT2D eigenvalue weighted by Gasteiger charge is 2.34. The van der Waals surface area contributed by atoms with Gasteiger partial charge in [0.15, 0.2) is 5.76 Å². The molecule has 110 valence electrons. The summed E-state index contributed by atoms with van der Waals surface area (Å²) in [6.45, 7) is -0.438. The fourth-order valence-corrected chi connectivity index (χ4v) is 2.35. The van der Waals surface area contributed by atoms with E-state index in [-0.39, 0.29) is 28.7 Å².